The molecule has 3 aromatic rings. The fourth-order valence-electron chi connectivity index (χ4n) is 2.30. The molecule has 0 unspecified atom stereocenters. The maximum Gasteiger partial charge on any atom is 0.0457 e. The normalized spacial score (nSPS) is 10.8. The van der Waals surface area contributed by atoms with Gasteiger partial charge in [0.15, 0.2) is 0 Å². The quantitative estimate of drug-likeness (QED) is 0.745. The summed E-state index contributed by atoms with van der Waals surface area (Å²) in [6.07, 6.45) is 2.08. The SMILES string of the molecule is CN(Cc1c[nH]c2ccccc12)c1ccc(Cl)cc1. The van der Waals surface area contributed by atoms with E-state index in [1.807, 2.05) is 30.3 Å². The van der Waals surface area contributed by atoms with E-state index in [0.29, 0.717) is 0 Å². The molecule has 0 bridgehead atoms. The van der Waals surface area contributed by atoms with Crippen LogP contribution in [-0.4, -0.2) is 12.0 Å². The summed E-state index contributed by atoms with van der Waals surface area (Å²) in [5, 5.41) is 2.05. The fraction of sp³-hybridized carbons (Fsp3) is 0.125. The fourth-order valence-corrected chi connectivity index (χ4v) is 2.43. The van der Waals surface area contributed by atoms with Crippen molar-refractivity contribution in [3.63, 3.8) is 0 Å². The Morgan fingerprint density at radius 2 is 1.79 bits per heavy atom. The summed E-state index contributed by atoms with van der Waals surface area (Å²) in [6, 6.07) is 16.3. The Bertz CT molecular complexity index is 685. The maximum atomic E-state index is 5.91. The Labute approximate surface area is 117 Å². The van der Waals surface area contributed by atoms with Gasteiger partial charge in [0.1, 0.15) is 0 Å². The summed E-state index contributed by atoms with van der Waals surface area (Å²) >= 11 is 5.91. The van der Waals surface area contributed by atoms with Crippen molar-refractivity contribution in [2.45, 2.75) is 6.54 Å². The first-order chi connectivity index (χ1) is 9.24. The Balaban J connectivity index is 1.86. The third kappa shape index (κ3) is 2.45. The molecule has 1 N–H and O–H groups in total. The Hall–Kier alpha value is -1.93. The van der Waals surface area contributed by atoms with Gasteiger partial charge in [0, 0.05) is 41.4 Å². The van der Waals surface area contributed by atoms with Gasteiger partial charge in [0.05, 0.1) is 0 Å². The van der Waals surface area contributed by atoms with Crippen molar-refractivity contribution >= 4 is 28.2 Å². The van der Waals surface area contributed by atoms with E-state index >= 15 is 0 Å². The number of rotatable bonds is 3. The number of benzene rings is 2. The number of halogens is 1. The van der Waals surface area contributed by atoms with Crippen LogP contribution in [0.4, 0.5) is 5.69 Å². The van der Waals surface area contributed by atoms with Crippen LogP contribution in [0.15, 0.2) is 54.7 Å². The van der Waals surface area contributed by atoms with Gasteiger partial charge in [-0.1, -0.05) is 29.8 Å². The van der Waals surface area contributed by atoms with Crippen molar-refractivity contribution in [2.75, 3.05) is 11.9 Å². The Morgan fingerprint density at radius 1 is 1.05 bits per heavy atom. The van der Waals surface area contributed by atoms with E-state index < -0.39 is 0 Å². The highest BCUT2D eigenvalue weighted by molar-refractivity contribution is 6.30. The molecule has 2 aromatic carbocycles. The molecule has 0 radical (unpaired) electrons. The minimum atomic E-state index is 0.768. The van der Waals surface area contributed by atoms with E-state index in [4.69, 9.17) is 11.6 Å². The zero-order valence-corrected chi connectivity index (χ0v) is 11.5. The maximum absolute atomic E-state index is 5.91. The lowest BCUT2D eigenvalue weighted by molar-refractivity contribution is 0.930. The summed E-state index contributed by atoms with van der Waals surface area (Å²) in [7, 11) is 2.09. The molecule has 1 aromatic heterocycles. The summed E-state index contributed by atoms with van der Waals surface area (Å²) in [5.41, 5.74) is 3.64. The number of fused-ring (bicyclic) bond motifs is 1. The summed E-state index contributed by atoms with van der Waals surface area (Å²) in [5.74, 6) is 0. The average molecular weight is 271 g/mol. The molecule has 0 aliphatic rings. The highest BCUT2D eigenvalue weighted by Crippen LogP contribution is 2.22. The summed E-state index contributed by atoms with van der Waals surface area (Å²) < 4.78 is 0. The lowest BCUT2D eigenvalue weighted by Crippen LogP contribution is -2.15. The molecule has 0 atom stereocenters. The second-order valence-corrected chi connectivity index (χ2v) is 5.13. The van der Waals surface area contributed by atoms with Gasteiger partial charge in [-0.05, 0) is 35.9 Å². The second kappa shape index (κ2) is 4.98. The monoisotopic (exact) mass is 270 g/mol. The third-order valence-corrected chi connectivity index (χ3v) is 3.60. The average Bonchev–Trinajstić information content (AvgIpc) is 2.83. The van der Waals surface area contributed by atoms with Crippen LogP contribution >= 0.6 is 11.6 Å². The molecule has 3 rings (SSSR count). The zero-order valence-electron chi connectivity index (χ0n) is 10.7. The van der Waals surface area contributed by atoms with Crippen molar-refractivity contribution in [1.82, 2.24) is 4.98 Å². The molecular weight excluding hydrogens is 256 g/mol. The number of hydrogen-bond acceptors (Lipinski definition) is 1. The second-order valence-electron chi connectivity index (χ2n) is 4.69. The minimum absolute atomic E-state index is 0.768. The molecular formula is C16H15ClN2. The number of nitrogens with zero attached hydrogens (tertiary/aromatic N) is 1. The molecule has 0 saturated heterocycles. The molecule has 2 nitrogen and oxygen atoms in total. The summed E-state index contributed by atoms with van der Waals surface area (Å²) in [6.45, 7) is 0.867. The number of H-pyrrole nitrogens is 1. The van der Waals surface area contributed by atoms with Crippen LogP contribution in [0.5, 0.6) is 0 Å². The highest BCUT2D eigenvalue weighted by atomic mass is 35.5. The largest absolute Gasteiger partial charge is 0.370 e. The van der Waals surface area contributed by atoms with Crippen molar-refractivity contribution in [2.24, 2.45) is 0 Å². The minimum Gasteiger partial charge on any atom is -0.370 e. The number of hydrogen-bond donors (Lipinski definition) is 1. The predicted octanol–water partition coefficient (Wildman–Crippen LogP) is 4.46. The zero-order chi connectivity index (χ0) is 13.2. The number of aromatic nitrogens is 1. The van der Waals surface area contributed by atoms with Crippen LogP contribution in [0.2, 0.25) is 5.02 Å². The van der Waals surface area contributed by atoms with Gasteiger partial charge in [-0.3, -0.25) is 0 Å². The molecule has 3 heteroatoms. The van der Waals surface area contributed by atoms with Crippen LogP contribution in [-0.2, 0) is 6.54 Å². The van der Waals surface area contributed by atoms with E-state index in [2.05, 4.69) is 41.3 Å². The number of anilines is 1. The van der Waals surface area contributed by atoms with Gasteiger partial charge in [-0.2, -0.15) is 0 Å². The van der Waals surface area contributed by atoms with Crippen LogP contribution < -0.4 is 4.90 Å². The molecule has 96 valence electrons. The van der Waals surface area contributed by atoms with Gasteiger partial charge in [-0.15, -0.1) is 0 Å². The predicted molar refractivity (Wildman–Crippen MR) is 81.9 cm³/mol. The summed E-state index contributed by atoms with van der Waals surface area (Å²) in [4.78, 5) is 5.52. The first kappa shape index (κ1) is 12.1. The van der Waals surface area contributed by atoms with Crippen LogP contribution in [0.25, 0.3) is 10.9 Å². The lowest BCUT2D eigenvalue weighted by atomic mass is 10.1. The molecule has 19 heavy (non-hydrogen) atoms. The first-order valence-corrected chi connectivity index (χ1v) is 6.63. The van der Waals surface area contributed by atoms with Gasteiger partial charge in [0.25, 0.3) is 0 Å². The molecule has 0 aliphatic heterocycles. The first-order valence-electron chi connectivity index (χ1n) is 6.26. The molecule has 0 fully saturated rings. The van der Waals surface area contributed by atoms with E-state index in [9.17, 15) is 0 Å². The molecule has 1 heterocycles. The van der Waals surface area contributed by atoms with Crippen molar-refractivity contribution in [1.29, 1.82) is 0 Å². The molecule has 0 amide bonds. The van der Waals surface area contributed by atoms with Crippen LogP contribution in [0.3, 0.4) is 0 Å². The van der Waals surface area contributed by atoms with E-state index in [1.54, 1.807) is 0 Å². The molecule has 0 aliphatic carbocycles. The number of nitrogens with one attached hydrogen (secondary N) is 1. The number of aromatic amines is 1. The topological polar surface area (TPSA) is 19.0 Å². The van der Waals surface area contributed by atoms with Crippen molar-refractivity contribution < 1.29 is 0 Å². The molecule has 0 saturated carbocycles. The van der Waals surface area contributed by atoms with Gasteiger partial charge < -0.3 is 9.88 Å². The Kier molecular flexibility index (Phi) is 3.18. The number of para-hydroxylation sites is 1. The third-order valence-electron chi connectivity index (χ3n) is 3.35. The smallest absolute Gasteiger partial charge is 0.0457 e. The van der Waals surface area contributed by atoms with E-state index in [0.717, 1.165) is 17.3 Å². The van der Waals surface area contributed by atoms with Gasteiger partial charge in [-0.25, -0.2) is 0 Å². The standard InChI is InChI=1S/C16H15ClN2/c1-19(14-8-6-13(17)7-9-14)11-12-10-18-16-5-3-2-4-15(12)16/h2-10,18H,11H2,1H3. The van der Waals surface area contributed by atoms with Crippen molar-refractivity contribution in [3.8, 4) is 0 Å². The van der Waals surface area contributed by atoms with E-state index in [1.165, 1.54) is 16.5 Å². The Morgan fingerprint density at radius 3 is 2.58 bits per heavy atom. The highest BCUT2D eigenvalue weighted by Gasteiger charge is 2.06. The lowest BCUT2D eigenvalue weighted by Gasteiger charge is -2.19. The molecule has 0 spiro atoms. The van der Waals surface area contributed by atoms with Gasteiger partial charge in [0.2, 0.25) is 0 Å². The van der Waals surface area contributed by atoms with Gasteiger partial charge >= 0.3 is 0 Å². The van der Waals surface area contributed by atoms with Crippen LogP contribution in [0, 0.1) is 0 Å². The van der Waals surface area contributed by atoms with E-state index in [-0.39, 0.29) is 0 Å². The van der Waals surface area contributed by atoms with Crippen molar-refractivity contribution in [3.05, 3.63) is 65.3 Å². The van der Waals surface area contributed by atoms with Crippen LogP contribution in [0.1, 0.15) is 5.56 Å².